The highest BCUT2D eigenvalue weighted by Crippen LogP contribution is 2.14. The minimum absolute atomic E-state index is 0.0876. The van der Waals surface area contributed by atoms with Crippen LogP contribution < -0.4 is 5.43 Å². The first-order valence-corrected chi connectivity index (χ1v) is 6.36. The molecule has 0 saturated heterocycles. The van der Waals surface area contributed by atoms with E-state index in [0.717, 1.165) is 11.1 Å². The van der Waals surface area contributed by atoms with Crippen LogP contribution >= 0.6 is 34.5 Å². The van der Waals surface area contributed by atoms with E-state index in [1.165, 1.54) is 11.3 Å². The Morgan fingerprint density at radius 2 is 1.75 bits per heavy atom. The fraction of sp³-hybridized carbons (Fsp3) is 0.0833. The third-order valence-electron chi connectivity index (χ3n) is 2.20. The Hall–Kier alpha value is -0.830. The Bertz CT molecular complexity index is 546. The minimum atomic E-state index is -0.0876. The molecule has 0 unspecified atom stereocenters. The summed E-state index contributed by atoms with van der Waals surface area (Å²) >= 11 is 13.0. The average Bonchev–Trinajstić information content (AvgIpc) is 2.28. The first kappa shape index (κ1) is 11.6. The summed E-state index contributed by atoms with van der Waals surface area (Å²) in [6.07, 6.45) is 0.590. The molecular formula is C12H8Cl2OS. The topological polar surface area (TPSA) is 17.1 Å². The summed E-state index contributed by atoms with van der Waals surface area (Å²) in [5, 5.41) is 4.47. The maximum absolute atomic E-state index is 11.7. The molecule has 4 heteroatoms. The lowest BCUT2D eigenvalue weighted by atomic mass is 10.1. The number of hydrogen-bond acceptors (Lipinski definition) is 2. The lowest BCUT2D eigenvalue weighted by Gasteiger charge is -2.01. The predicted octanol–water partition coefficient (Wildman–Crippen LogP) is 4.01. The first-order valence-electron chi connectivity index (χ1n) is 4.66. The molecule has 0 aliphatic carbocycles. The molecule has 0 spiro atoms. The molecule has 1 nitrogen and oxygen atoms in total. The van der Waals surface area contributed by atoms with Crippen LogP contribution in [0.15, 0.2) is 39.8 Å². The Kier molecular flexibility index (Phi) is 3.64. The molecule has 0 aliphatic rings. The third kappa shape index (κ3) is 2.64. The van der Waals surface area contributed by atoms with E-state index < -0.39 is 0 Å². The molecule has 0 N–H and O–H groups in total. The summed E-state index contributed by atoms with van der Waals surface area (Å²) in [5.74, 6) is 0. The lowest BCUT2D eigenvalue weighted by molar-refractivity contribution is 1.18. The van der Waals surface area contributed by atoms with E-state index in [2.05, 4.69) is 0 Å². The van der Waals surface area contributed by atoms with Crippen LogP contribution in [0.3, 0.4) is 0 Å². The Balaban J connectivity index is 2.31. The highest BCUT2D eigenvalue weighted by Gasteiger charge is 2.04. The molecule has 1 aromatic carbocycles. The van der Waals surface area contributed by atoms with E-state index in [-0.39, 0.29) is 10.5 Å². The van der Waals surface area contributed by atoms with E-state index in [4.69, 9.17) is 23.2 Å². The van der Waals surface area contributed by atoms with E-state index >= 15 is 0 Å². The molecule has 0 saturated carbocycles. The highest BCUT2D eigenvalue weighted by molar-refractivity contribution is 7.08. The molecule has 0 bridgehead atoms. The average molecular weight is 271 g/mol. The van der Waals surface area contributed by atoms with Gasteiger partial charge < -0.3 is 0 Å². The van der Waals surface area contributed by atoms with E-state index in [1.54, 1.807) is 5.38 Å². The second-order valence-electron chi connectivity index (χ2n) is 3.38. The third-order valence-corrected chi connectivity index (χ3v) is 3.65. The van der Waals surface area contributed by atoms with Crippen molar-refractivity contribution in [1.29, 1.82) is 0 Å². The zero-order chi connectivity index (χ0) is 11.5. The van der Waals surface area contributed by atoms with Gasteiger partial charge in [-0.3, -0.25) is 4.79 Å². The van der Waals surface area contributed by atoms with Crippen LogP contribution in [-0.2, 0) is 6.42 Å². The van der Waals surface area contributed by atoms with Crippen molar-refractivity contribution in [1.82, 2.24) is 0 Å². The highest BCUT2D eigenvalue weighted by atomic mass is 35.5. The SMILES string of the molecule is O=c1c(Cl)cscc1Cc1ccc(Cl)cc1. The molecule has 0 aliphatic heterocycles. The van der Waals surface area contributed by atoms with Gasteiger partial charge in [-0.15, -0.1) is 0 Å². The number of rotatable bonds is 2. The van der Waals surface area contributed by atoms with Crippen molar-refractivity contribution in [3.8, 4) is 0 Å². The van der Waals surface area contributed by atoms with Crippen LogP contribution in [0.2, 0.25) is 10.0 Å². The molecule has 2 rings (SSSR count). The van der Waals surface area contributed by atoms with E-state index in [9.17, 15) is 4.79 Å². The maximum Gasteiger partial charge on any atom is 0.202 e. The second-order valence-corrected chi connectivity index (χ2v) is 4.96. The van der Waals surface area contributed by atoms with E-state index in [1.807, 2.05) is 29.6 Å². The first-order chi connectivity index (χ1) is 7.66. The van der Waals surface area contributed by atoms with E-state index in [0.29, 0.717) is 11.4 Å². The van der Waals surface area contributed by atoms with Gasteiger partial charge in [0.1, 0.15) is 0 Å². The van der Waals surface area contributed by atoms with Crippen LogP contribution in [0.25, 0.3) is 0 Å². The van der Waals surface area contributed by atoms with Crippen molar-refractivity contribution in [3.63, 3.8) is 0 Å². The molecule has 16 heavy (non-hydrogen) atoms. The maximum atomic E-state index is 11.7. The molecule has 1 aromatic heterocycles. The van der Waals surface area contributed by atoms with Crippen molar-refractivity contribution in [3.05, 3.63) is 66.4 Å². The summed E-state index contributed by atoms with van der Waals surface area (Å²) in [4.78, 5) is 11.7. The quantitative estimate of drug-likeness (QED) is 0.806. The van der Waals surface area contributed by atoms with Gasteiger partial charge in [-0.05, 0) is 23.1 Å². The molecule has 0 atom stereocenters. The van der Waals surface area contributed by atoms with Gasteiger partial charge in [-0.25, -0.2) is 0 Å². The fourth-order valence-electron chi connectivity index (χ4n) is 1.38. The number of benzene rings is 1. The predicted molar refractivity (Wildman–Crippen MR) is 69.9 cm³/mol. The zero-order valence-corrected chi connectivity index (χ0v) is 10.6. The largest absolute Gasteiger partial charge is 0.288 e. The summed E-state index contributed by atoms with van der Waals surface area (Å²) in [5.41, 5.74) is 1.69. The Morgan fingerprint density at radius 1 is 1.06 bits per heavy atom. The molecule has 2 aromatic rings. The van der Waals surface area contributed by atoms with Crippen LogP contribution in [0.5, 0.6) is 0 Å². The van der Waals surface area contributed by atoms with Crippen molar-refractivity contribution in [2.45, 2.75) is 6.42 Å². The monoisotopic (exact) mass is 270 g/mol. The Labute approximate surface area is 107 Å². The second kappa shape index (κ2) is 5.00. The van der Waals surface area contributed by atoms with Crippen LogP contribution in [0, 0.1) is 0 Å². The fourth-order valence-corrected chi connectivity index (χ4v) is 2.43. The van der Waals surface area contributed by atoms with Gasteiger partial charge in [0.05, 0.1) is 5.02 Å². The van der Waals surface area contributed by atoms with Crippen molar-refractivity contribution >= 4 is 34.5 Å². The smallest absolute Gasteiger partial charge is 0.202 e. The number of halogens is 2. The summed E-state index contributed by atoms with van der Waals surface area (Å²) in [6, 6.07) is 7.45. The summed E-state index contributed by atoms with van der Waals surface area (Å²) in [6.45, 7) is 0. The molecule has 82 valence electrons. The standard InChI is InChI=1S/C12H8Cl2OS/c13-10-3-1-8(2-4-10)5-9-6-16-7-11(14)12(9)15/h1-4,6-7H,5H2. The van der Waals surface area contributed by atoms with Crippen LogP contribution in [-0.4, -0.2) is 0 Å². The normalized spacial score (nSPS) is 10.4. The van der Waals surface area contributed by atoms with Gasteiger partial charge in [-0.2, -0.15) is 11.3 Å². The molecule has 0 amide bonds. The minimum Gasteiger partial charge on any atom is -0.288 e. The zero-order valence-electron chi connectivity index (χ0n) is 8.24. The van der Waals surface area contributed by atoms with Gasteiger partial charge in [0.25, 0.3) is 0 Å². The van der Waals surface area contributed by atoms with Gasteiger partial charge in [0.15, 0.2) is 0 Å². The van der Waals surface area contributed by atoms with Gasteiger partial charge in [0, 0.05) is 22.4 Å². The van der Waals surface area contributed by atoms with Gasteiger partial charge in [0.2, 0.25) is 5.43 Å². The summed E-state index contributed by atoms with van der Waals surface area (Å²) in [7, 11) is 0. The lowest BCUT2D eigenvalue weighted by Crippen LogP contribution is -2.07. The summed E-state index contributed by atoms with van der Waals surface area (Å²) < 4.78 is 0. The van der Waals surface area contributed by atoms with Crippen LogP contribution in [0.4, 0.5) is 0 Å². The van der Waals surface area contributed by atoms with Crippen LogP contribution in [0.1, 0.15) is 11.1 Å². The Morgan fingerprint density at radius 3 is 2.44 bits per heavy atom. The number of hydrogen-bond donors (Lipinski definition) is 0. The van der Waals surface area contributed by atoms with Crippen molar-refractivity contribution < 1.29 is 0 Å². The molecule has 0 radical (unpaired) electrons. The molecule has 0 fully saturated rings. The van der Waals surface area contributed by atoms with Gasteiger partial charge >= 0.3 is 0 Å². The molecular weight excluding hydrogens is 263 g/mol. The van der Waals surface area contributed by atoms with Crippen molar-refractivity contribution in [2.75, 3.05) is 0 Å². The van der Waals surface area contributed by atoms with Gasteiger partial charge in [-0.1, -0.05) is 35.3 Å². The molecule has 1 heterocycles. The van der Waals surface area contributed by atoms with Crippen molar-refractivity contribution in [2.24, 2.45) is 0 Å².